The third kappa shape index (κ3) is 2.23. The molecule has 0 bridgehead atoms. The lowest BCUT2D eigenvalue weighted by Crippen LogP contribution is -1.89. The molecule has 3 rings (SSSR count). The Labute approximate surface area is 125 Å². The molecule has 0 unspecified atom stereocenters. The number of nitrogen functional groups attached to an aromatic ring is 1. The molecule has 0 amide bonds. The van der Waals surface area contributed by atoms with Gasteiger partial charge in [0.25, 0.3) is 0 Å². The predicted molar refractivity (Wildman–Crippen MR) is 84.2 cm³/mol. The van der Waals surface area contributed by atoms with Crippen LogP contribution < -0.4 is 5.73 Å². The molecule has 0 saturated heterocycles. The van der Waals surface area contributed by atoms with Crippen LogP contribution in [0, 0.1) is 6.92 Å². The molecule has 0 aliphatic heterocycles. The second-order valence-electron chi connectivity index (χ2n) is 4.60. The van der Waals surface area contributed by atoms with Crippen LogP contribution >= 0.6 is 15.9 Å². The summed E-state index contributed by atoms with van der Waals surface area (Å²) in [4.78, 5) is 0. The smallest absolute Gasteiger partial charge is 0.230 e. The van der Waals surface area contributed by atoms with Crippen LogP contribution in [-0.2, 0) is 0 Å². The van der Waals surface area contributed by atoms with Crippen molar-refractivity contribution in [2.75, 3.05) is 5.73 Å². The molecule has 0 atom stereocenters. The van der Waals surface area contributed by atoms with Gasteiger partial charge in [-0.2, -0.15) is 0 Å². The average Bonchev–Trinajstić information content (AvgIpc) is 2.84. The van der Waals surface area contributed by atoms with Gasteiger partial charge in [-0.25, -0.2) is 0 Å². The van der Waals surface area contributed by atoms with Gasteiger partial charge in [-0.05, 0) is 30.2 Å². The van der Waals surface area contributed by atoms with Gasteiger partial charge in [-0.15, -0.1) is 0 Å². The lowest BCUT2D eigenvalue weighted by molar-refractivity contribution is 0.439. The summed E-state index contributed by atoms with van der Waals surface area (Å²) in [5.74, 6) is 0.338. The van der Waals surface area contributed by atoms with E-state index in [0.29, 0.717) is 5.88 Å². The van der Waals surface area contributed by atoms with Gasteiger partial charge in [-0.3, -0.25) is 0 Å². The molecule has 1 heterocycles. The molecule has 0 spiro atoms. The SMILES string of the molecule is Cc1ccc(Br)cc1-c1noc(N)c1-c1ccccc1. The molecule has 0 fully saturated rings. The zero-order chi connectivity index (χ0) is 14.1. The molecule has 100 valence electrons. The van der Waals surface area contributed by atoms with Crippen molar-refractivity contribution in [1.82, 2.24) is 5.16 Å². The molecule has 3 nitrogen and oxygen atoms in total. The summed E-state index contributed by atoms with van der Waals surface area (Å²) < 4.78 is 6.21. The van der Waals surface area contributed by atoms with E-state index in [2.05, 4.69) is 21.1 Å². The van der Waals surface area contributed by atoms with Gasteiger partial charge >= 0.3 is 0 Å². The van der Waals surface area contributed by atoms with Crippen LogP contribution in [0.4, 0.5) is 5.88 Å². The second kappa shape index (κ2) is 5.13. The van der Waals surface area contributed by atoms with Crippen LogP contribution in [0.2, 0.25) is 0 Å². The van der Waals surface area contributed by atoms with E-state index in [4.69, 9.17) is 10.3 Å². The van der Waals surface area contributed by atoms with Crippen LogP contribution in [0.25, 0.3) is 22.4 Å². The summed E-state index contributed by atoms with van der Waals surface area (Å²) in [7, 11) is 0. The van der Waals surface area contributed by atoms with E-state index in [1.54, 1.807) is 0 Å². The highest BCUT2D eigenvalue weighted by atomic mass is 79.9. The lowest BCUT2D eigenvalue weighted by Gasteiger charge is -2.06. The van der Waals surface area contributed by atoms with Crippen molar-refractivity contribution < 1.29 is 4.52 Å². The molecule has 4 heteroatoms. The highest BCUT2D eigenvalue weighted by molar-refractivity contribution is 9.10. The largest absolute Gasteiger partial charge is 0.367 e. The number of nitrogens with two attached hydrogens (primary N) is 1. The number of nitrogens with zero attached hydrogens (tertiary/aromatic N) is 1. The number of aryl methyl sites for hydroxylation is 1. The Morgan fingerprint density at radius 1 is 1.10 bits per heavy atom. The van der Waals surface area contributed by atoms with Crippen LogP contribution in [0.1, 0.15) is 5.56 Å². The van der Waals surface area contributed by atoms with Crippen LogP contribution in [0.15, 0.2) is 57.5 Å². The number of halogens is 1. The van der Waals surface area contributed by atoms with Gasteiger partial charge in [0, 0.05) is 10.0 Å². The highest BCUT2D eigenvalue weighted by Crippen LogP contribution is 2.38. The highest BCUT2D eigenvalue weighted by Gasteiger charge is 2.18. The van der Waals surface area contributed by atoms with Crippen molar-refractivity contribution in [2.45, 2.75) is 6.92 Å². The van der Waals surface area contributed by atoms with Gasteiger partial charge in [-0.1, -0.05) is 57.5 Å². The fraction of sp³-hybridized carbons (Fsp3) is 0.0625. The first-order valence-electron chi connectivity index (χ1n) is 6.24. The molecule has 3 aromatic rings. The summed E-state index contributed by atoms with van der Waals surface area (Å²) in [6.07, 6.45) is 0. The molecular weight excluding hydrogens is 316 g/mol. The molecule has 1 aromatic heterocycles. The summed E-state index contributed by atoms with van der Waals surface area (Å²) in [6.45, 7) is 2.04. The summed E-state index contributed by atoms with van der Waals surface area (Å²) in [5, 5.41) is 4.14. The standard InChI is InChI=1S/C16H13BrN2O/c1-10-7-8-12(17)9-13(10)15-14(16(18)20-19-15)11-5-3-2-4-6-11/h2-9H,18H2,1H3. The Balaban J connectivity index is 2.24. The van der Waals surface area contributed by atoms with Crippen molar-refractivity contribution in [3.63, 3.8) is 0 Å². The fourth-order valence-corrected chi connectivity index (χ4v) is 2.58. The van der Waals surface area contributed by atoms with E-state index in [1.807, 2.05) is 55.5 Å². The minimum atomic E-state index is 0.338. The van der Waals surface area contributed by atoms with E-state index in [-0.39, 0.29) is 0 Å². The molecule has 0 radical (unpaired) electrons. The van der Waals surface area contributed by atoms with Crippen molar-refractivity contribution >= 4 is 21.8 Å². The lowest BCUT2D eigenvalue weighted by atomic mass is 9.98. The van der Waals surface area contributed by atoms with Crippen molar-refractivity contribution in [3.05, 3.63) is 58.6 Å². The van der Waals surface area contributed by atoms with Crippen LogP contribution in [-0.4, -0.2) is 5.16 Å². The number of anilines is 1. The third-order valence-corrected chi connectivity index (χ3v) is 3.73. The number of aromatic nitrogens is 1. The molecule has 2 N–H and O–H groups in total. The van der Waals surface area contributed by atoms with E-state index in [0.717, 1.165) is 32.4 Å². The van der Waals surface area contributed by atoms with Crippen molar-refractivity contribution in [1.29, 1.82) is 0 Å². The zero-order valence-electron chi connectivity index (χ0n) is 10.9. The summed E-state index contributed by atoms with van der Waals surface area (Å²) in [5.41, 5.74) is 10.7. The van der Waals surface area contributed by atoms with Gasteiger partial charge in [0.05, 0.1) is 5.56 Å². The van der Waals surface area contributed by atoms with Gasteiger partial charge in [0.15, 0.2) is 0 Å². The van der Waals surface area contributed by atoms with Crippen LogP contribution in [0.5, 0.6) is 0 Å². The van der Waals surface area contributed by atoms with Gasteiger partial charge < -0.3 is 10.3 Å². The Morgan fingerprint density at radius 3 is 2.60 bits per heavy atom. The topological polar surface area (TPSA) is 52.0 Å². The normalized spacial score (nSPS) is 10.7. The van der Waals surface area contributed by atoms with Gasteiger partial charge in [0.2, 0.25) is 5.88 Å². The first-order chi connectivity index (χ1) is 9.66. The fourth-order valence-electron chi connectivity index (χ4n) is 2.22. The maximum Gasteiger partial charge on any atom is 0.230 e. The maximum absolute atomic E-state index is 5.96. The van der Waals surface area contributed by atoms with E-state index >= 15 is 0 Å². The quantitative estimate of drug-likeness (QED) is 0.744. The van der Waals surface area contributed by atoms with Crippen molar-refractivity contribution in [3.8, 4) is 22.4 Å². The average molecular weight is 329 g/mol. The zero-order valence-corrected chi connectivity index (χ0v) is 12.5. The second-order valence-corrected chi connectivity index (χ2v) is 5.51. The summed E-state index contributed by atoms with van der Waals surface area (Å²) in [6, 6.07) is 16.0. The molecule has 20 heavy (non-hydrogen) atoms. The number of hydrogen-bond donors (Lipinski definition) is 1. The first kappa shape index (κ1) is 12.9. The Bertz CT molecular complexity index is 750. The number of benzene rings is 2. The molecule has 2 aromatic carbocycles. The molecular formula is C16H13BrN2O. The third-order valence-electron chi connectivity index (χ3n) is 3.24. The number of hydrogen-bond acceptors (Lipinski definition) is 3. The van der Waals surface area contributed by atoms with Crippen LogP contribution in [0.3, 0.4) is 0 Å². The molecule has 0 saturated carbocycles. The monoisotopic (exact) mass is 328 g/mol. The Kier molecular flexibility index (Phi) is 3.32. The van der Waals surface area contributed by atoms with Crippen molar-refractivity contribution in [2.24, 2.45) is 0 Å². The first-order valence-corrected chi connectivity index (χ1v) is 7.03. The number of rotatable bonds is 2. The Hall–Kier alpha value is -2.07. The predicted octanol–water partition coefficient (Wildman–Crippen LogP) is 4.66. The Morgan fingerprint density at radius 2 is 1.85 bits per heavy atom. The van der Waals surface area contributed by atoms with E-state index in [1.165, 1.54) is 0 Å². The van der Waals surface area contributed by atoms with E-state index < -0.39 is 0 Å². The minimum absolute atomic E-state index is 0.338. The summed E-state index contributed by atoms with van der Waals surface area (Å²) >= 11 is 3.49. The maximum atomic E-state index is 5.96. The molecule has 0 aliphatic carbocycles. The van der Waals surface area contributed by atoms with Gasteiger partial charge in [0.1, 0.15) is 5.69 Å². The molecule has 0 aliphatic rings. The van der Waals surface area contributed by atoms with E-state index in [9.17, 15) is 0 Å². The minimum Gasteiger partial charge on any atom is -0.367 e.